The van der Waals surface area contributed by atoms with Gasteiger partial charge < -0.3 is 29.2 Å². The fraction of sp³-hybridized carbons (Fsp3) is 0.444. The molecule has 1 saturated heterocycles. The highest BCUT2D eigenvalue weighted by Gasteiger charge is 2.68. The van der Waals surface area contributed by atoms with Gasteiger partial charge in [-0.05, 0) is 89.4 Å². The minimum atomic E-state index is -1.03. The molecule has 2 aromatic carbocycles. The zero-order chi connectivity index (χ0) is 36.6. The van der Waals surface area contributed by atoms with Crippen LogP contribution in [0.15, 0.2) is 42.7 Å². The molecule has 2 fully saturated rings. The lowest BCUT2D eigenvalue weighted by atomic mass is 9.91. The predicted molar refractivity (Wildman–Crippen MR) is 190 cm³/mol. The summed E-state index contributed by atoms with van der Waals surface area (Å²) < 4.78 is 23.5. The van der Waals surface area contributed by atoms with E-state index in [1.165, 1.54) is 11.0 Å². The molecule has 51 heavy (non-hydrogen) atoms. The van der Waals surface area contributed by atoms with E-state index >= 15 is 0 Å². The summed E-state index contributed by atoms with van der Waals surface area (Å²) in [5.74, 6) is 1.05. The van der Waals surface area contributed by atoms with Gasteiger partial charge in [-0.15, -0.1) is 5.10 Å². The Kier molecular flexibility index (Phi) is 8.17. The smallest absolute Gasteiger partial charge is 0.435 e. The summed E-state index contributed by atoms with van der Waals surface area (Å²) >= 11 is 6.78. The molecule has 4 heterocycles. The monoisotopic (exact) mass is 717 g/mol. The number of nitrogens with zero attached hydrogens (tertiary/aromatic N) is 6. The number of hydrogen-bond acceptors (Lipinski definition) is 12. The third-order valence-electron chi connectivity index (χ3n) is 9.21. The van der Waals surface area contributed by atoms with Gasteiger partial charge in [-0.3, -0.25) is 4.79 Å². The van der Waals surface area contributed by atoms with Crippen molar-refractivity contribution in [3.63, 3.8) is 0 Å². The number of carbonyl (C=O) groups excluding carboxylic acids is 3. The molecular formula is C36H40ClN7O7. The molecule has 2 aromatic heterocycles. The molecule has 1 aliphatic carbocycles. The van der Waals surface area contributed by atoms with Crippen LogP contribution < -0.4 is 19.9 Å². The van der Waals surface area contributed by atoms with Crippen LogP contribution in [-0.2, 0) is 24.4 Å². The van der Waals surface area contributed by atoms with E-state index in [0.29, 0.717) is 69.9 Å². The van der Waals surface area contributed by atoms with Gasteiger partial charge in [-0.25, -0.2) is 24.5 Å². The van der Waals surface area contributed by atoms with Crippen molar-refractivity contribution >= 4 is 63.7 Å². The van der Waals surface area contributed by atoms with Gasteiger partial charge in [0.2, 0.25) is 5.91 Å². The maximum atomic E-state index is 14.3. The average Bonchev–Trinajstić information content (AvgIpc) is 3.62. The molecule has 2 aliphatic heterocycles. The summed E-state index contributed by atoms with van der Waals surface area (Å²) in [5.41, 5.74) is -0.273. The van der Waals surface area contributed by atoms with Crippen LogP contribution in [0.4, 0.5) is 32.7 Å². The van der Waals surface area contributed by atoms with Crippen molar-refractivity contribution in [1.29, 1.82) is 0 Å². The first-order valence-corrected chi connectivity index (χ1v) is 17.0. The quantitative estimate of drug-likeness (QED) is 0.230. The van der Waals surface area contributed by atoms with Gasteiger partial charge >= 0.3 is 12.2 Å². The molecule has 0 bridgehead atoms. The molecule has 7 rings (SSSR count). The lowest BCUT2D eigenvalue weighted by Crippen LogP contribution is -2.52. The molecule has 0 unspecified atom stereocenters. The fourth-order valence-corrected chi connectivity index (χ4v) is 7.00. The largest absolute Gasteiger partial charge is 0.497 e. The Morgan fingerprint density at radius 2 is 1.65 bits per heavy atom. The highest BCUT2D eigenvalue weighted by molar-refractivity contribution is 6.35. The van der Waals surface area contributed by atoms with Crippen LogP contribution in [0, 0.1) is 0 Å². The number of fused-ring (bicyclic) bond motifs is 3. The van der Waals surface area contributed by atoms with E-state index in [1.807, 2.05) is 23.1 Å². The number of hydrogen-bond donors (Lipinski definition) is 1. The Bertz CT molecular complexity index is 2080. The maximum absolute atomic E-state index is 14.3. The van der Waals surface area contributed by atoms with E-state index in [9.17, 15) is 14.4 Å². The number of ether oxygens (including phenoxy) is 4. The first-order valence-electron chi connectivity index (χ1n) is 16.6. The van der Waals surface area contributed by atoms with Gasteiger partial charge in [0.05, 0.1) is 29.8 Å². The molecule has 3 aliphatic rings. The third kappa shape index (κ3) is 5.99. The van der Waals surface area contributed by atoms with Gasteiger partial charge in [-0.2, -0.15) is 4.68 Å². The number of anilines is 4. The zero-order valence-electron chi connectivity index (χ0n) is 29.7. The van der Waals surface area contributed by atoms with Crippen LogP contribution in [-0.4, -0.2) is 82.5 Å². The van der Waals surface area contributed by atoms with Crippen molar-refractivity contribution in [3.8, 4) is 5.75 Å². The number of aromatic nitrogens is 4. The van der Waals surface area contributed by atoms with Gasteiger partial charge in [-0.1, -0.05) is 17.7 Å². The first-order chi connectivity index (χ1) is 24.0. The molecule has 268 valence electrons. The predicted octanol–water partition coefficient (Wildman–Crippen LogP) is 6.56. The Morgan fingerprint density at radius 1 is 0.941 bits per heavy atom. The fourth-order valence-electron chi connectivity index (χ4n) is 6.73. The molecule has 2 atom stereocenters. The minimum Gasteiger partial charge on any atom is -0.497 e. The summed E-state index contributed by atoms with van der Waals surface area (Å²) in [6, 6.07) is 10.8. The molecule has 1 N–H and O–H groups in total. The van der Waals surface area contributed by atoms with Gasteiger partial charge in [0.25, 0.3) is 0 Å². The van der Waals surface area contributed by atoms with Crippen LogP contribution >= 0.6 is 11.6 Å². The van der Waals surface area contributed by atoms with E-state index in [-0.39, 0.29) is 17.9 Å². The van der Waals surface area contributed by atoms with Crippen LogP contribution in [0.3, 0.4) is 0 Å². The molecule has 14 nitrogen and oxygen atoms in total. The van der Waals surface area contributed by atoms with E-state index in [4.69, 9.17) is 30.5 Å². The number of methoxy groups -OCH3 is 2. The second kappa shape index (κ2) is 12.1. The van der Waals surface area contributed by atoms with Crippen molar-refractivity contribution in [2.75, 3.05) is 42.4 Å². The standard InChI is InChI=1S/C36H40ClN7O7/c1-34(2,3)50-32(46)43-25-12-10-20(48-7)14-23(25)36(31(43)45)15-24(36)19-9-11-22-26(13-19)44(33(47)51-35(4,5)6)41-28(22)40-29-27(37)30(39-18-38-29)42-16-21(17-42)49-8/h9-14,18,21,24H,15-17H2,1-8H3,(H,38,39,40,41)/t24-,36-/m0/s1. The number of carbonyl (C=O) groups is 3. The van der Waals surface area contributed by atoms with Crippen molar-refractivity contribution < 1.29 is 33.3 Å². The van der Waals surface area contributed by atoms with E-state index < -0.39 is 28.8 Å². The average molecular weight is 718 g/mol. The molecular weight excluding hydrogens is 678 g/mol. The minimum absolute atomic E-state index is 0.0936. The first kappa shape index (κ1) is 34.5. The molecule has 15 heteroatoms. The summed E-state index contributed by atoms with van der Waals surface area (Å²) in [6.07, 6.45) is 0.508. The lowest BCUT2D eigenvalue weighted by Gasteiger charge is -2.39. The number of halogens is 1. The second-order valence-corrected chi connectivity index (χ2v) is 15.4. The van der Waals surface area contributed by atoms with Crippen molar-refractivity contribution in [2.24, 2.45) is 0 Å². The van der Waals surface area contributed by atoms with Crippen LogP contribution in [0.1, 0.15) is 65.0 Å². The Labute approximate surface area is 300 Å². The highest BCUT2D eigenvalue weighted by Crippen LogP contribution is 2.67. The van der Waals surface area contributed by atoms with Gasteiger partial charge in [0, 0.05) is 31.5 Å². The van der Waals surface area contributed by atoms with Gasteiger partial charge in [0.15, 0.2) is 17.5 Å². The van der Waals surface area contributed by atoms with Gasteiger partial charge in [0.1, 0.15) is 28.3 Å². The van der Waals surface area contributed by atoms with Crippen LogP contribution in [0.2, 0.25) is 5.02 Å². The van der Waals surface area contributed by atoms with Crippen LogP contribution in [0.25, 0.3) is 10.9 Å². The second-order valence-electron chi connectivity index (χ2n) is 15.0. The van der Waals surface area contributed by atoms with Crippen LogP contribution in [0.5, 0.6) is 5.75 Å². The Hall–Kier alpha value is -4.95. The van der Waals surface area contributed by atoms with E-state index in [1.54, 1.807) is 74.0 Å². The summed E-state index contributed by atoms with van der Waals surface area (Å²) in [7, 11) is 3.22. The third-order valence-corrected chi connectivity index (χ3v) is 9.56. The molecule has 1 saturated carbocycles. The van der Waals surface area contributed by atoms with Crippen molar-refractivity contribution in [2.45, 2.75) is 76.6 Å². The van der Waals surface area contributed by atoms with Crippen molar-refractivity contribution in [3.05, 3.63) is 58.9 Å². The number of rotatable bonds is 6. The topological polar surface area (TPSA) is 150 Å². The Balaban J connectivity index is 1.27. The molecule has 1 spiro atoms. The number of amides is 2. The summed E-state index contributed by atoms with van der Waals surface area (Å²) in [4.78, 5) is 53.1. The summed E-state index contributed by atoms with van der Waals surface area (Å²) in [6.45, 7) is 11.9. The Morgan fingerprint density at radius 3 is 2.31 bits per heavy atom. The molecule has 0 radical (unpaired) electrons. The molecule has 2 amide bonds. The number of imide groups is 1. The normalized spacial score (nSPS) is 20.0. The summed E-state index contributed by atoms with van der Waals surface area (Å²) in [5, 5.41) is 8.71. The SMILES string of the molecule is COc1ccc2c(c1)[C@]1(C[C@H]1c1ccc3c(Nc4ncnc(N5CC(OC)C5)c4Cl)nn(C(=O)OC(C)(C)C)c3c1)C(=O)N2C(=O)OC(C)(C)C. The maximum Gasteiger partial charge on any atom is 0.435 e. The lowest BCUT2D eigenvalue weighted by molar-refractivity contribution is -0.120. The van der Waals surface area contributed by atoms with E-state index in [0.717, 1.165) is 10.5 Å². The highest BCUT2D eigenvalue weighted by atomic mass is 35.5. The number of nitrogens with one attached hydrogen (secondary N) is 1. The molecule has 4 aromatic rings. The van der Waals surface area contributed by atoms with E-state index in [2.05, 4.69) is 20.4 Å². The van der Waals surface area contributed by atoms with Crippen molar-refractivity contribution in [1.82, 2.24) is 19.7 Å². The zero-order valence-corrected chi connectivity index (χ0v) is 30.5. The number of benzene rings is 2.